The van der Waals surface area contributed by atoms with Gasteiger partial charge in [-0.25, -0.2) is 0 Å². The van der Waals surface area contributed by atoms with Gasteiger partial charge in [0.25, 0.3) is 0 Å². The average molecular weight is 316 g/mol. The maximum Gasteiger partial charge on any atom is 0.416 e. The molecule has 2 nitrogen and oxygen atoms in total. The number of nitrogens with two attached hydrogens (primary N) is 1. The fourth-order valence-corrected chi connectivity index (χ4v) is 2.05. The zero-order valence-corrected chi connectivity index (χ0v) is 12.1. The Kier molecular flexibility index (Phi) is 4.05. The average Bonchev–Trinajstić information content (AvgIpc) is 2.34. The van der Waals surface area contributed by atoms with Gasteiger partial charge in [0, 0.05) is 16.8 Å². The van der Waals surface area contributed by atoms with E-state index in [0.717, 1.165) is 23.3 Å². The second-order valence-corrected chi connectivity index (χ2v) is 5.14. The summed E-state index contributed by atoms with van der Waals surface area (Å²) in [6.45, 7) is 3.59. The van der Waals surface area contributed by atoms with Crippen LogP contribution in [0.4, 0.5) is 18.9 Å². The standard InChI is InChI=1S/C15H13ClF3NO/c1-8-3-12(4-9(2)14(8)16)21-13-6-10(15(17,18)19)5-11(20)7-13/h3-7H,20H2,1-2H3. The predicted molar refractivity (Wildman–Crippen MR) is 76.9 cm³/mol. The molecule has 0 amide bonds. The number of ether oxygens (including phenoxy) is 1. The molecule has 0 fully saturated rings. The molecule has 2 aromatic rings. The van der Waals surface area contributed by atoms with E-state index in [2.05, 4.69) is 0 Å². The summed E-state index contributed by atoms with van der Waals surface area (Å²) in [7, 11) is 0. The zero-order chi connectivity index (χ0) is 15.8. The number of benzene rings is 2. The van der Waals surface area contributed by atoms with Gasteiger partial charge in [0.1, 0.15) is 11.5 Å². The van der Waals surface area contributed by atoms with Crippen molar-refractivity contribution in [2.45, 2.75) is 20.0 Å². The van der Waals surface area contributed by atoms with Gasteiger partial charge >= 0.3 is 6.18 Å². The molecule has 2 N–H and O–H groups in total. The zero-order valence-electron chi connectivity index (χ0n) is 11.4. The molecule has 0 saturated heterocycles. The summed E-state index contributed by atoms with van der Waals surface area (Å²) in [6, 6.07) is 6.44. The van der Waals surface area contributed by atoms with Gasteiger partial charge in [-0.1, -0.05) is 11.6 Å². The van der Waals surface area contributed by atoms with Crippen LogP contribution in [0.25, 0.3) is 0 Å². The van der Waals surface area contributed by atoms with Crippen molar-refractivity contribution >= 4 is 17.3 Å². The topological polar surface area (TPSA) is 35.2 Å². The molecule has 112 valence electrons. The molecule has 0 unspecified atom stereocenters. The SMILES string of the molecule is Cc1cc(Oc2cc(N)cc(C(F)(F)F)c2)cc(C)c1Cl. The first-order valence-corrected chi connectivity index (χ1v) is 6.47. The molecular weight excluding hydrogens is 303 g/mol. The molecule has 0 aromatic heterocycles. The maximum absolute atomic E-state index is 12.7. The first-order valence-electron chi connectivity index (χ1n) is 6.09. The molecule has 0 radical (unpaired) electrons. The van der Waals surface area contributed by atoms with Crippen molar-refractivity contribution in [3.8, 4) is 11.5 Å². The van der Waals surface area contributed by atoms with Gasteiger partial charge < -0.3 is 10.5 Å². The van der Waals surface area contributed by atoms with Gasteiger partial charge in [-0.15, -0.1) is 0 Å². The quantitative estimate of drug-likeness (QED) is 0.758. The van der Waals surface area contributed by atoms with E-state index >= 15 is 0 Å². The van der Waals surface area contributed by atoms with Crippen LogP contribution in [0.3, 0.4) is 0 Å². The van der Waals surface area contributed by atoms with E-state index in [0.29, 0.717) is 10.8 Å². The van der Waals surface area contributed by atoms with Gasteiger partial charge in [0.05, 0.1) is 5.56 Å². The number of rotatable bonds is 2. The van der Waals surface area contributed by atoms with Gasteiger partial charge in [-0.3, -0.25) is 0 Å². The highest BCUT2D eigenvalue weighted by Crippen LogP contribution is 2.35. The molecule has 2 rings (SSSR count). The summed E-state index contributed by atoms with van der Waals surface area (Å²) in [5.74, 6) is 0.441. The lowest BCUT2D eigenvalue weighted by atomic mass is 10.1. The van der Waals surface area contributed by atoms with Crippen molar-refractivity contribution < 1.29 is 17.9 Å². The van der Waals surface area contributed by atoms with Crippen molar-refractivity contribution in [2.75, 3.05) is 5.73 Å². The largest absolute Gasteiger partial charge is 0.457 e. The second kappa shape index (κ2) is 5.48. The molecule has 0 aliphatic carbocycles. The second-order valence-electron chi connectivity index (χ2n) is 4.76. The summed E-state index contributed by atoms with van der Waals surface area (Å²) in [5.41, 5.74) is 6.20. The smallest absolute Gasteiger partial charge is 0.416 e. The first-order chi connectivity index (χ1) is 9.66. The van der Waals surface area contributed by atoms with E-state index in [9.17, 15) is 13.2 Å². The Hall–Kier alpha value is -1.88. The Morgan fingerprint density at radius 2 is 1.48 bits per heavy atom. The van der Waals surface area contributed by atoms with Crippen LogP contribution in [0.5, 0.6) is 11.5 Å². The lowest BCUT2D eigenvalue weighted by Crippen LogP contribution is -2.06. The fraction of sp³-hybridized carbons (Fsp3) is 0.200. The monoisotopic (exact) mass is 315 g/mol. The number of nitrogen functional groups attached to an aromatic ring is 1. The molecule has 6 heteroatoms. The van der Waals surface area contributed by atoms with E-state index in [4.69, 9.17) is 22.1 Å². The highest BCUT2D eigenvalue weighted by atomic mass is 35.5. The van der Waals surface area contributed by atoms with Crippen LogP contribution in [0, 0.1) is 13.8 Å². The lowest BCUT2D eigenvalue weighted by Gasteiger charge is -2.13. The Morgan fingerprint density at radius 3 is 2.00 bits per heavy atom. The Bertz CT molecular complexity index is 660. The molecule has 0 spiro atoms. The molecule has 0 bridgehead atoms. The van der Waals surface area contributed by atoms with Crippen LogP contribution >= 0.6 is 11.6 Å². The third kappa shape index (κ3) is 3.61. The molecule has 21 heavy (non-hydrogen) atoms. The van der Waals surface area contributed by atoms with E-state index in [1.54, 1.807) is 26.0 Å². The lowest BCUT2D eigenvalue weighted by molar-refractivity contribution is -0.137. The fourth-order valence-electron chi connectivity index (χ4n) is 1.95. The van der Waals surface area contributed by atoms with Gasteiger partial charge in [0.15, 0.2) is 0 Å². The van der Waals surface area contributed by atoms with Crippen molar-refractivity contribution in [1.29, 1.82) is 0 Å². The Morgan fingerprint density at radius 1 is 0.952 bits per heavy atom. The molecule has 0 atom stereocenters. The number of aryl methyl sites for hydroxylation is 2. The summed E-state index contributed by atoms with van der Waals surface area (Å²) in [5, 5.41) is 0.603. The van der Waals surface area contributed by atoms with Crippen LogP contribution in [-0.2, 0) is 6.18 Å². The highest BCUT2D eigenvalue weighted by Gasteiger charge is 2.31. The van der Waals surface area contributed by atoms with Gasteiger partial charge in [0.2, 0.25) is 0 Å². The number of hydrogen-bond donors (Lipinski definition) is 1. The molecule has 0 saturated carbocycles. The molecule has 0 heterocycles. The third-order valence-electron chi connectivity index (χ3n) is 2.90. The summed E-state index contributed by atoms with van der Waals surface area (Å²) >= 11 is 6.04. The third-order valence-corrected chi connectivity index (χ3v) is 3.50. The van der Waals surface area contributed by atoms with Crippen LogP contribution in [0.15, 0.2) is 30.3 Å². The normalized spacial score (nSPS) is 11.5. The minimum Gasteiger partial charge on any atom is -0.457 e. The number of alkyl halides is 3. The van der Waals surface area contributed by atoms with Crippen LogP contribution in [0.2, 0.25) is 5.02 Å². The highest BCUT2D eigenvalue weighted by molar-refractivity contribution is 6.32. The molecular formula is C15H13ClF3NO. The van der Waals surface area contributed by atoms with E-state index < -0.39 is 11.7 Å². The predicted octanol–water partition coefficient (Wildman–Crippen LogP) is 5.35. The van der Waals surface area contributed by atoms with E-state index in [1.165, 1.54) is 6.07 Å². The Labute approximate surface area is 125 Å². The summed E-state index contributed by atoms with van der Waals surface area (Å²) in [4.78, 5) is 0. The minimum absolute atomic E-state index is 0.0118. The van der Waals surface area contributed by atoms with Crippen LogP contribution in [-0.4, -0.2) is 0 Å². The van der Waals surface area contributed by atoms with Gasteiger partial charge in [-0.2, -0.15) is 13.2 Å². The number of anilines is 1. The molecule has 0 aliphatic heterocycles. The summed E-state index contributed by atoms with van der Waals surface area (Å²) < 4.78 is 43.7. The molecule has 2 aromatic carbocycles. The van der Waals surface area contributed by atoms with Crippen molar-refractivity contribution in [3.63, 3.8) is 0 Å². The molecule has 0 aliphatic rings. The van der Waals surface area contributed by atoms with Gasteiger partial charge in [-0.05, 0) is 49.2 Å². The van der Waals surface area contributed by atoms with Crippen LogP contribution in [0.1, 0.15) is 16.7 Å². The maximum atomic E-state index is 12.7. The minimum atomic E-state index is -4.47. The van der Waals surface area contributed by atoms with E-state index in [-0.39, 0.29) is 11.4 Å². The van der Waals surface area contributed by atoms with Crippen molar-refractivity contribution in [2.24, 2.45) is 0 Å². The Balaban J connectivity index is 2.38. The first kappa shape index (κ1) is 15.5. The number of halogens is 4. The van der Waals surface area contributed by atoms with E-state index in [1.807, 2.05) is 0 Å². The number of hydrogen-bond acceptors (Lipinski definition) is 2. The van der Waals surface area contributed by atoms with Crippen LogP contribution < -0.4 is 10.5 Å². The van der Waals surface area contributed by atoms with Crippen molar-refractivity contribution in [3.05, 3.63) is 52.0 Å². The van der Waals surface area contributed by atoms with Crippen molar-refractivity contribution in [1.82, 2.24) is 0 Å². The summed E-state index contributed by atoms with van der Waals surface area (Å²) in [6.07, 6.45) is -4.47.